The molecule has 6 nitrogen and oxygen atoms in total. The quantitative estimate of drug-likeness (QED) is 0.142. The second kappa shape index (κ2) is 16.8. The zero-order valence-electron chi connectivity index (χ0n) is 34.4. The van der Waals surface area contributed by atoms with E-state index in [1.807, 2.05) is 12.1 Å². The number of anilines is 6. The largest absolute Gasteiger partial charge is 0.494 e. The predicted molar refractivity (Wildman–Crippen MR) is 249 cm³/mol. The molecule has 58 heavy (non-hydrogen) atoms. The van der Waals surface area contributed by atoms with E-state index in [4.69, 9.17) is 18.6 Å². The molecule has 0 unspecified atom stereocenters. The lowest BCUT2D eigenvalue weighted by Crippen LogP contribution is -2.41. The molecule has 2 heterocycles. The third-order valence-corrected chi connectivity index (χ3v) is 12.6. The van der Waals surface area contributed by atoms with Gasteiger partial charge in [0.25, 0.3) is 0 Å². The van der Waals surface area contributed by atoms with Crippen LogP contribution in [0, 0.1) is 0 Å². The molecule has 2 aliphatic rings. The topological polar surface area (TPSA) is 43.4 Å². The molecule has 0 saturated carbocycles. The Labute approximate surface area is 362 Å². The summed E-state index contributed by atoms with van der Waals surface area (Å²) >= 11 is 6.98. The standard InChI is InChI=1S/C30H37B2NO4.C18H13Br2N/c1-27(2)28(3,4)35-31(34-27)22-14-18-25(19-15-22)33(24-12-10-9-11-13-24)26-20-16-23(17-21-26)32-36-29(5,6)30(7,8)37-32;19-14-6-10-17(11-7-14)21(16-4-2-1-3-5-16)18-12-8-15(20)9-13-18/h9-21H,1-8H3;1-13H. The van der Waals surface area contributed by atoms with E-state index in [2.05, 4.69) is 243 Å². The maximum absolute atomic E-state index is 6.25. The normalized spacial score (nSPS) is 17.3. The van der Waals surface area contributed by atoms with Gasteiger partial charge in [-0.3, -0.25) is 0 Å². The van der Waals surface area contributed by atoms with Crippen LogP contribution in [-0.2, 0) is 18.6 Å². The van der Waals surface area contributed by atoms with Crippen molar-refractivity contribution in [3.63, 3.8) is 0 Å². The highest BCUT2D eigenvalue weighted by atomic mass is 79.9. The van der Waals surface area contributed by atoms with Gasteiger partial charge in [0.15, 0.2) is 0 Å². The van der Waals surface area contributed by atoms with Crippen LogP contribution in [0.5, 0.6) is 0 Å². The van der Waals surface area contributed by atoms with Crippen molar-refractivity contribution >= 4 is 91.1 Å². The van der Waals surface area contributed by atoms with E-state index in [9.17, 15) is 0 Å². The SMILES string of the molecule is Brc1ccc(N(c2ccccc2)c2ccc(Br)cc2)cc1.CC1(C)OB(c2ccc(N(c3ccccc3)c3ccc(B4OC(C)(C)C(C)(C)O4)cc3)cc2)OC1(C)C. The molecule has 10 heteroatoms. The van der Waals surface area contributed by atoms with Crippen molar-refractivity contribution in [3.8, 4) is 0 Å². The van der Waals surface area contributed by atoms with E-state index in [0.29, 0.717) is 0 Å². The van der Waals surface area contributed by atoms with Crippen LogP contribution in [-0.4, -0.2) is 36.6 Å². The molecule has 0 amide bonds. The fourth-order valence-electron chi connectivity index (χ4n) is 6.75. The van der Waals surface area contributed by atoms with Crippen LogP contribution in [0.2, 0.25) is 0 Å². The number of benzene rings is 6. The fraction of sp³-hybridized carbons (Fsp3) is 0.250. The molecule has 2 saturated heterocycles. The first-order valence-corrected chi connectivity index (χ1v) is 21.2. The second-order valence-electron chi connectivity index (χ2n) is 16.7. The van der Waals surface area contributed by atoms with Crippen LogP contribution in [0.15, 0.2) is 167 Å². The molecule has 0 aliphatic carbocycles. The third-order valence-electron chi connectivity index (χ3n) is 11.6. The Morgan fingerprint density at radius 3 is 0.810 bits per heavy atom. The first kappa shape index (κ1) is 42.0. The van der Waals surface area contributed by atoms with Crippen LogP contribution in [0.3, 0.4) is 0 Å². The Morgan fingerprint density at radius 1 is 0.328 bits per heavy atom. The lowest BCUT2D eigenvalue weighted by molar-refractivity contribution is 0.00578. The van der Waals surface area contributed by atoms with E-state index < -0.39 is 0 Å². The summed E-state index contributed by atoms with van der Waals surface area (Å²) in [6, 6.07) is 54.3. The van der Waals surface area contributed by atoms with Crippen LogP contribution in [0.1, 0.15) is 55.4 Å². The molecule has 2 fully saturated rings. The van der Waals surface area contributed by atoms with Gasteiger partial charge in [-0.2, -0.15) is 0 Å². The molecule has 0 aromatic heterocycles. The van der Waals surface area contributed by atoms with Crippen molar-refractivity contribution in [2.24, 2.45) is 0 Å². The molecule has 0 bridgehead atoms. The summed E-state index contributed by atoms with van der Waals surface area (Å²) in [6.07, 6.45) is 0. The van der Waals surface area contributed by atoms with Crippen molar-refractivity contribution in [2.45, 2.75) is 77.8 Å². The van der Waals surface area contributed by atoms with Gasteiger partial charge >= 0.3 is 14.2 Å². The molecule has 296 valence electrons. The van der Waals surface area contributed by atoms with E-state index in [1.54, 1.807) is 0 Å². The maximum atomic E-state index is 6.25. The van der Waals surface area contributed by atoms with Gasteiger partial charge in [-0.05, 0) is 163 Å². The predicted octanol–water partition coefficient (Wildman–Crippen LogP) is 12.4. The van der Waals surface area contributed by atoms with E-state index in [0.717, 1.165) is 54.0 Å². The van der Waals surface area contributed by atoms with Gasteiger partial charge in [0, 0.05) is 43.1 Å². The summed E-state index contributed by atoms with van der Waals surface area (Å²) < 4.78 is 27.2. The molecule has 6 aromatic rings. The minimum atomic E-state index is -0.386. The highest BCUT2D eigenvalue weighted by Crippen LogP contribution is 2.40. The molecule has 0 spiro atoms. The zero-order valence-corrected chi connectivity index (χ0v) is 37.6. The average molecular weight is 900 g/mol. The summed E-state index contributed by atoms with van der Waals surface area (Å²) in [5.74, 6) is 0. The monoisotopic (exact) mass is 898 g/mol. The highest BCUT2D eigenvalue weighted by Gasteiger charge is 2.52. The molecule has 8 rings (SSSR count). The first-order valence-electron chi connectivity index (χ1n) is 19.7. The molecule has 0 atom stereocenters. The molecular weight excluding hydrogens is 850 g/mol. The van der Waals surface area contributed by atoms with Gasteiger partial charge in [0.1, 0.15) is 0 Å². The number of hydrogen-bond donors (Lipinski definition) is 0. The summed E-state index contributed by atoms with van der Waals surface area (Å²) in [5, 5.41) is 0. The molecule has 0 radical (unpaired) electrons. The van der Waals surface area contributed by atoms with Crippen molar-refractivity contribution in [2.75, 3.05) is 9.80 Å². The van der Waals surface area contributed by atoms with Crippen LogP contribution < -0.4 is 20.7 Å². The van der Waals surface area contributed by atoms with E-state index in [1.165, 1.54) is 0 Å². The first-order chi connectivity index (χ1) is 27.5. The number of para-hydroxylation sites is 2. The Bertz CT molecular complexity index is 2120. The van der Waals surface area contributed by atoms with E-state index in [-0.39, 0.29) is 36.6 Å². The summed E-state index contributed by atoms with van der Waals surface area (Å²) in [5.41, 5.74) is 7.12. The lowest BCUT2D eigenvalue weighted by atomic mass is 9.79. The Morgan fingerprint density at radius 2 is 0.552 bits per heavy atom. The van der Waals surface area contributed by atoms with Gasteiger partial charge < -0.3 is 28.4 Å². The summed E-state index contributed by atoms with van der Waals surface area (Å²) in [7, 11) is -0.771. The minimum Gasteiger partial charge on any atom is -0.399 e. The maximum Gasteiger partial charge on any atom is 0.494 e. The van der Waals surface area contributed by atoms with E-state index >= 15 is 0 Å². The number of rotatable bonds is 8. The summed E-state index contributed by atoms with van der Waals surface area (Å²) in [6.45, 7) is 16.6. The van der Waals surface area contributed by atoms with Gasteiger partial charge in [0.2, 0.25) is 0 Å². The smallest absolute Gasteiger partial charge is 0.399 e. The zero-order chi connectivity index (χ0) is 41.3. The third kappa shape index (κ3) is 9.03. The highest BCUT2D eigenvalue weighted by molar-refractivity contribution is 9.10. The molecule has 2 aliphatic heterocycles. The van der Waals surface area contributed by atoms with Gasteiger partial charge in [-0.15, -0.1) is 0 Å². The van der Waals surface area contributed by atoms with Crippen LogP contribution in [0.4, 0.5) is 34.1 Å². The van der Waals surface area contributed by atoms with Gasteiger partial charge in [-0.1, -0.05) is 92.5 Å². The molecule has 0 N–H and O–H groups in total. The lowest BCUT2D eigenvalue weighted by Gasteiger charge is -2.32. The van der Waals surface area contributed by atoms with Crippen LogP contribution >= 0.6 is 31.9 Å². The van der Waals surface area contributed by atoms with Gasteiger partial charge in [-0.25, -0.2) is 0 Å². The molecule has 6 aromatic carbocycles. The van der Waals surface area contributed by atoms with Crippen molar-refractivity contribution in [1.82, 2.24) is 0 Å². The number of nitrogens with zero attached hydrogens (tertiary/aromatic N) is 2. The number of hydrogen-bond acceptors (Lipinski definition) is 6. The number of halogens is 2. The van der Waals surface area contributed by atoms with Crippen LogP contribution in [0.25, 0.3) is 0 Å². The second-order valence-corrected chi connectivity index (χ2v) is 18.5. The van der Waals surface area contributed by atoms with Crippen molar-refractivity contribution < 1.29 is 18.6 Å². The average Bonchev–Trinajstić information content (AvgIpc) is 3.57. The Hall–Kier alpha value is -4.15. The van der Waals surface area contributed by atoms with Crippen molar-refractivity contribution in [1.29, 1.82) is 0 Å². The summed E-state index contributed by atoms with van der Waals surface area (Å²) in [4.78, 5) is 4.47. The molecular formula is C48H50B2Br2N2O4. The Kier molecular flexibility index (Phi) is 12.2. The Balaban J connectivity index is 0.000000206. The minimum absolute atomic E-state index is 0.370. The van der Waals surface area contributed by atoms with Gasteiger partial charge in [0.05, 0.1) is 22.4 Å². The fourth-order valence-corrected chi connectivity index (χ4v) is 7.28. The van der Waals surface area contributed by atoms with Crippen molar-refractivity contribution in [3.05, 3.63) is 167 Å².